The van der Waals surface area contributed by atoms with Crippen molar-refractivity contribution in [1.29, 1.82) is 0 Å². The van der Waals surface area contributed by atoms with Gasteiger partial charge in [-0.3, -0.25) is 9.59 Å². The predicted molar refractivity (Wildman–Crippen MR) is 62.5 cm³/mol. The maximum absolute atomic E-state index is 12.2. The molecule has 0 radical (unpaired) electrons. The Bertz CT molecular complexity index is 383. The molecule has 0 bridgehead atoms. The number of hydrogen-bond acceptors (Lipinski definition) is 3. The first-order chi connectivity index (χ1) is 8.02. The lowest BCUT2D eigenvalue weighted by Gasteiger charge is -2.27. The fourth-order valence-electron chi connectivity index (χ4n) is 2.44. The smallest absolute Gasteiger partial charge is 0.308 e. The average Bonchev–Trinajstić information content (AvgIpc) is 2.56. The summed E-state index contributed by atoms with van der Waals surface area (Å²) in [6.07, 6.45) is 0.559. The molecule has 2 saturated heterocycles. The fourth-order valence-corrected chi connectivity index (χ4v) is 2.44. The zero-order chi connectivity index (χ0) is 12.6. The number of rotatable bonds is 2. The summed E-state index contributed by atoms with van der Waals surface area (Å²) in [5, 5.41) is 12.1. The van der Waals surface area contributed by atoms with Crippen molar-refractivity contribution in [2.75, 3.05) is 19.6 Å². The summed E-state index contributed by atoms with van der Waals surface area (Å²) in [4.78, 5) is 24.9. The molecule has 94 valence electrons. The number of hydrogen-bond donors (Lipinski definition) is 2. The molecule has 17 heavy (non-hydrogen) atoms. The van der Waals surface area contributed by atoms with E-state index in [1.807, 2.05) is 13.8 Å². The number of nitrogens with one attached hydrogen (secondary N) is 1. The number of carboxylic acid groups (broad SMARTS) is 1. The largest absolute Gasteiger partial charge is 0.481 e. The minimum atomic E-state index is -0.802. The Morgan fingerprint density at radius 1 is 1.41 bits per heavy atom. The number of likely N-dealkylation sites (tertiary alicyclic amines) is 1. The molecule has 2 N–H and O–H groups in total. The van der Waals surface area contributed by atoms with Crippen molar-refractivity contribution in [3.8, 4) is 0 Å². The van der Waals surface area contributed by atoms with Crippen LogP contribution < -0.4 is 5.32 Å². The minimum Gasteiger partial charge on any atom is -0.481 e. The van der Waals surface area contributed by atoms with Gasteiger partial charge < -0.3 is 15.3 Å². The van der Waals surface area contributed by atoms with Gasteiger partial charge in [0.1, 0.15) is 0 Å². The minimum absolute atomic E-state index is 0.00208. The number of carbonyl (C=O) groups is 2. The summed E-state index contributed by atoms with van der Waals surface area (Å²) in [6, 6.07) is -0.205. The van der Waals surface area contributed by atoms with Crippen LogP contribution in [0.5, 0.6) is 0 Å². The maximum atomic E-state index is 12.2. The van der Waals surface area contributed by atoms with Crippen molar-refractivity contribution in [3.05, 3.63) is 11.1 Å². The Hall–Kier alpha value is -1.36. The Morgan fingerprint density at radius 2 is 2.06 bits per heavy atom. The van der Waals surface area contributed by atoms with Gasteiger partial charge in [-0.15, -0.1) is 0 Å². The van der Waals surface area contributed by atoms with Gasteiger partial charge in [0.25, 0.3) is 0 Å². The van der Waals surface area contributed by atoms with Crippen LogP contribution in [0, 0.1) is 5.92 Å². The van der Waals surface area contributed by atoms with E-state index in [4.69, 9.17) is 5.11 Å². The Morgan fingerprint density at radius 3 is 2.47 bits per heavy atom. The molecule has 2 fully saturated rings. The van der Waals surface area contributed by atoms with E-state index in [-0.39, 0.29) is 11.9 Å². The molecular weight excluding hydrogens is 220 g/mol. The van der Waals surface area contributed by atoms with Crippen LogP contribution in [0.1, 0.15) is 20.3 Å². The van der Waals surface area contributed by atoms with Crippen LogP contribution in [0.2, 0.25) is 0 Å². The first-order valence-corrected chi connectivity index (χ1v) is 5.95. The highest BCUT2D eigenvalue weighted by Crippen LogP contribution is 2.26. The molecule has 0 aromatic heterocycles. The number of amides is 1. The second kappa shape index (κ2) is 4.49. The highest BCUT2D eigenvalue weighted by molar-refractivity contribution is 5.95. The predicted octanol–water partition coefficient (Wildman–Crippen LogP) is 0.228. The van der Waals surface area contributed by atoms with Crippen LogP contribution in [-0.2, 0) is 9.59 Å². The summed E-state index contributed by atoms with van der Waals surface area (Å²) in [7, 11) is 0. The summed E-state index contributed by atoms with van der Waals surface area (Å²) in [6.45, 7) is 5.76. The van der Waals surface area contributed by atoms with E-state index >= 15 is 0 Å². The Kier molecular flexibility index (Phi) is 3.19. The molecule has 0 spiro atoms. The van der Waals surface area contributed by atoms with Crippen molar-refractivity contribution in [2.45, 2.75) is 26.3 Å². The third-order valence-corrected chi connectivity index (χ3v) is 3.86. The Labute approximate surface area is 100 Å². The van der Waals surface area contributed by atoms with Crippen molar-refractivity contribution in [2.24, 2.45) is 5.92 Å². The third-order valence-electron chi connectivity index (χ3n) is 3.86. The molecule has 5 heteroatoms. The second-order valence-corrected chi connectivity index (χ2v) is 4.80. The molecule has 1 amide bonds. The van der Waals surface area contributed by atoms with E-state index < -0.39 is 11.9 Å². The normalized spacial score (nSPS) is 27.9. The van der Waals surface area contributed by atoms with Gasteiger partial charge in [0.05, 0.1) is 5.92 Å². The van der Waals surface area contributed by atoms with Crippen molar-refractivity contribution < 1.29 is 14.7 Å². The van der Waals surface area contributed by atoms with E-state index in [0.717, 1.165) is 24.2 Å². The highest BCUT2D eigenvalue weighted by atomic mass is 16.4. The van der Waals surface area contributed by atoms with Crippen LogP contribution in [0.25, 0.3) is 0 Å². The number of carbonyl (C=O) groups excluding carboxylic acids is 1. The van der Waals surface area contributed by atoms with Crippen LogP contribution in [0.15, 0.2) is 11.1 Å². The first kappa shape index (κ1) is 12.1. The number of nitrogens with zero attached hydrogens (tertiary/aromatic N) is 1. The summed E-state index contributed by atoms with van der Waals surface area (Å²) < 4.78 is 0. The van der Waals surface area contributed by atoms with Gasteiger partial charge in [-0.05, 0) is 25.8 Å². The average molecular weight is 238 g/mol. The van der Waals surface area contributed by atoms with Gasteiger partial charge in [-0.1, -0.05) is 0 Å². The summed E-state index contributed by atoms with van der Waals surface area (Å²) >= 11 is 0. The molecule has 0 aromatic rings. The molecule has 2 heterocycles. The number of aliphatic carboxylic acids is 1. The quantitative estimate of drug-likeness (QED) is 0.676. The number of carboxylic acids is 1. The molecule has 2 aliphatic heterocycles. The summed E-state index contributed by atoms with van der Waals surface area (Å²) in [5.41, 5.74) is 1.92. The molecular formula is C12H18N2O3. The van der Waals surface area contributed by atoms with Gasteiger partial charge >= 0.3 is 5.97 Å². The lowest BCUT2D eigenvalue weighted by Crippen LogP contribution is -2.41. The molecule has 2 rings (SSSR count). The zero-order valence-corrected chi connectivity index (χ0v) is 10.2. The lowest BCUT2D eigenvalue weighted by atomic mass is 10.0. The standard InChI is InChI=1S/C12H18N2O3/c1-7(9-5-13-6-9)11(15)14-4-3-10(8(14)2)12(16)17/h8,10,13H,3-6H2,1-2H3,(H,16,17). The molecule has 2 unspecified atom stereocenters. The highest BCUT2D eigenvalue weighted by Gasteiger charge is 2.38. The van der Waals surface area contributed by atoms with Crippen molar-refractivity contribution in [1.82, 2.24) is 10.2 Å². The zero-order valence-electron chi connectivity index (χ0n) is 10.2. The van der Waals surface area contributed by atoms with E-state index in [0.29, 0.717) is 13.0 Å². The second-order valence-electron chi connectivity index (χ2n) is 4.80. The van der Waals surface area contributed by atoms with Crippen LogP contribution in [0.4, 0.5) is 0 Å². The van der Waals surface area contributed by atoms with Gasteiger partial charge in [0.2, 0.25) is 5.91 Å². The van der Waals surface area contributed by atoms with Gasteiger partial charge in [-0.2, -0.15) is 0 Å². The third kappa shape index (κ3) is 2.07. The summed E-state index contributed by atoms with van der Waals surface area (Å²) in [5.74, 6) is -1.22. The maximum Gasteiger partial charge on any atom is 0.308 e. The van der Waals surface area contributed by atoms with E-state index in [1.54, 1.807) is 4.90 Å². The van der Waals surface area contributed by atoms with Crippen molar-refractivity contribution >= 4 is 11.9 Å². The topological polar surface area (TPSA) is 69.6 Å². The fraction of sp³-hybridized carbons (Fsp3) is 0.667. The van der Waals surface area contributed by atoms with Gasteiger partial charge in [0.15, 0.2) is 0 Å². The lowest BCUT2D eigenvalue weighted by molar-refractivity contribution is -0.142. The molecule has 5 nitrogen and oxygen atoms in total. The molecule has 2 aliphatic rings. The molecule has 0 aromatic carbocycles. The monoisotopic (exact) mass is 238 g/mol. The van der Waals surface area contributed by atoms with E-state index in [1.165, 1.54) is 0 Å². The SMILES string of the molecule is CC(C(=O)N1CCC(C(=O)O)C1C)=C1CNC1. The van der Waals surface area contributed by atoms with Crippen molar-refractivity contribution in [3.63, 3.8) is 0 Å². The van der Waals surface area contributed by atoms with Crippen LogP contribution in [0.3, 0.4) is 0 Å². The van der Waals surface area contributed by atoms with Gasteiger partial charge in [-0.25, -0.2) is 0 Å². The van der Waals surface area contributed by atoms with Gasteiger partial charge in [0, 0.05) is 31.2 Å². The van der Waals surface area contributed by atoms with E-state index in [2.05, 4.69) is 5.32 Å². The molecule has 0 aliphatic carbocycles. The molecule has 2 atom stereocenters. The van der Waals surface area contributed by atoms with Crippen LogP contribution >= 0.6 is 0 Å². The Balaban J connectivity index is 2.09. The van der Waals surface area contributed by atoms with Crippen LogP contribution in [-0.4, -0.2) is 47.6 Å². The first-order valence-electron chi connectivity index (χ1n) is 5.95. The molecule has 0 saturated carbocycles. The van der Waals surface area contributed by atoms with E-state index in [9.17, 15) is 9.59 Å².